The predicted octanol–water partition coefficient (Wildman–Crippen LogP) is 3.89. The molecule has 7 nitrogen and oxygen atoms in total. The Bertz CT molecular complexity index is 1080. The van der Waals surface area contributed by atoms with Crippen LogP contribution >= 0.6 is 0 Å². The van der Waals surface area contributed by atoms with Gasteiger partial charge in [-0.3, -0.25) is 14.0 Å². The number of hydrogen-bond acceptors (Lipinski definition) is 6. The summed E-state index contributed by atoms with van der Waals surface area (Å²) in [6, 6.07) is 8.49. The number of hydrogen-bond donors (Lipinski definition) is 1. The van der Waals surface area contributed by atoms with Gasteiger partial charge in [-0.05, 0) is 50.1 Å². The largest absolute Gasteiger partial charge is 0.324 e. The number of rotatable bonds is 8. The van der Waals surface area contributed by atoms with E-state index in [2.05, 4.69) is 56.5 Å². The molecule has 1 saturated carbocycles. The molecule has 8 heteroatoms. The Kier molecular flexibility index (Phi) is 6.12. The molecule has 3 heterocycles. The van der Waals surface area contributed by atoms with Crippen LogP contribution in [-0.4, -0.2) is 69.4 Å². The van der Waals surface area contributed by atoms with Crippen molar-refractivity contribution in [1.82, 2.24) is 29.5 Å². The van der Waals surface area contributed by atoms with Crippen LogP contribution in [0.5, 0.6) is 0 Å². The molecule has 5 rings (SSSR count). The lowest BCUT2D eigenvalue weighted by Crippen LogP contribution is -2.43. The number of aromatic nitrogens is 4. The first-order valence-electron chi connectivity index (χ1n) is 11.7. The third-order valence-corrected chi connectivity index (χ3v) is 6.83. The summed E-state index contributed by atoms with van der Waals surface area (Å²) in [6.45, 7) is 7.80. The Morgan fingerprint density at radius 3 is 2.52 bits per heavy atom. The monoisotopic (exact) mass is 449 g/mol. The normalized spacial score (nSPS) is 18.4. The van der Waals surface area contributed by atoms with Gasteiger partial charge in [-0.2, -0.15) is 5.10 Å². The fourth-order valence-corrected chi connectivity index (χ4v) is 4.31. The van der Waals surface area contributed by atoms with E-state index in [0.29, 0.717) is 12.5 Å². The maximum Gasteiger partial charge on any atom is 0.227 e. The quantitative estimate of drug-likeness (QED) is 0.563. The van der Waals surface area contributed by atoms with Crippen LogP contribution in [0.4, 0.5) is 16.0 Å². The van der Waals surface area contributed by atoms with Crippen molar-refractivity contribution < 1.29 is 4.39 Å². The van der Waals surface area contributed by atoms with E-state index in [4.69, 9.17) is 4.98 Å². The van der Waals surface area contributed by atoms with Crippen LogP contribution in [-0.2, 0) is 13.1 Å². The maximum atomic E-state index is 13.3. The zero-order chi connectivity index (χ0) is 22.8. The zero-order valence-electron chi connectivity index (χ0n) is 19.5. The van der Waals surface area contributed by atoms with Crippen LogP contribution in [0, 0.1) is 12.3 Å². The first-order valence-corrected chi connectivity index (χ1v) is 11.7. The van der Waals surface area contributed by atoms with Crippen molar-refractivity contribution in [2.45, 2.75) is 32.9 Å². The van der Waals surface area contributed by atoms with Gasteiger partial charge in [0.1, 0.15) is 0 Å². The van der Waals surface area contributed by atoms with E-state index in [1.54, 1.807) is 6.20 Å². The molecule has 0 bridgehead atoms. The fourth-order valence-electron chi connectivity index (χ4n) is 4.31. The summed E-state index contributed by atoms with van der Waals surface area (Å²) >= 11 is 0. The van der Waals surface area contributed by atoms with Gasteiger partial charge in [0.05, 0.1) is 18.6 Å². The summed E-state index contributed by atoms with van der Waals surface area (Å²) in [7, 11) is 2.18. The van der Waals surface area contributed by atoms with Gasteiger partial charge < -0.3 is 10.2 Å². The van der Waals surface area contributed by atoms with Crippen molar-refractivity contribution in [1.29, 1.82) is 0 Å². The molecule has 2 fully saturated rings. The molecule has 1 saturated heterocycles. The number of piperazine rings is 1. The van der Waals surface area contributed by atoms with Crippen molar-refractivity contribution in [3.05, 3.63) is 54.0 Å². The predicted molar refractivity (Wildman–Crippen MR) is 128 cm³/mol. The lowest BCUT2D eigenvalue weighted by atomic mass is 10.1. The van der Waals surface area contributed by atoms with Crippen LogP contribution < -0.4 is 5.32 Å². The number of halogens is 1. The van der Waals surface area contributed by atoms with Gasteiger partial charge in [-0.25, -0.2) is 9.97 Å². The molecule has 0 radical (unpaired) electrons. The van der Waals surface area contributed by atoms with Crippen molar-refractivity contribution in [2.75, 3.05) is 45.2 Å². The zero-order valence-corrected chi connectivity index (χ0v) is 19.5. The molecule has 3 aromatic rings. The highest BCUT2D eigenvalue weighted by Crippen LogP contribution is 2.47. The van der Waals surface area contributed by atoms with Crippen molar-refractivity contribution in [3.63, 3.8) is 0 Å². The number of nitrogens with one attached hydrogen (secondary N) is 1. The van der Waals surface area contributed by atoms with Crippen molar-refractivity contribution >= 4 is 11.6 Å². The Morgan fingerprint density at radius 1 is 1.06 bits per heavy atom. The highest BCUT2D eigenvalue weighted by atomic mass is 19.1. The molecular formula is C25H32FN7. The summed E-state index contributed by atoms with van der Waals surface area (Å²) in [5.41, 5.74) is 4.82. The third-order valence-electron chi connectivity index (χ3n) is 6.83. The topological polar surface area (TPSA) is 62.1 Å². The lowest BCUT2D eigenvalue weighted by molar-refractivity contribution is 0.148. The molecule has 0 unspecified atom stereocenters. The van der Waals surface area contributed by atoms with E-state index in [0.717, 1.165) is 68.1 Å². The van der Waals surface area contributed by atoms with E-state index in [1.807, 2.05) is 24.0 Å². The lowest BCUT2D eigenvalue weighted by Gasteiger charge is -2.32. The highest BCUT2D eigenvalue weighted by Gasteiger charge is 2.43. The molecule has 0 amide bonds. The first kappa shape index (κ1) is 22.0. The molecule has 174 valence electrons. The number of likely N-dealkylation sites (N-methyl/N-ethyl adjacent to an activating group) is 1. The van der Waals surface area contributed by atoms with Gasteiger partial charge in [0.15, 0.2) is 0 Å². The van der Waals surface area contributed by atoms with E-state index < -0.39 is 0 Å². The second kappa shape index (κ2) is 9.19. The van der Waals surface area contributed by atoms with Gasteiger partial charge >= 0.3 is 0 Å². The number of aryl methyl sites for hydroxylation is 1. The van der Waals surface area contributed by atoms with E-state index >= 15 is 0 Å². The van der Waals surface area contributed by atoms with E-state index in [-0.39, 0.29) is 12.1 Å². The van der Waals surface area contributed by atoms with Gasteiger partial charge in [-0.15, -0.1) is 0 Å². The minimum atomic E-state index is -0.281. The van der Waals surface area contributed by atoms with Crippen LogP contribution in [0.15, 0.2) is 42.9 Å². The maximum absolute atomic E-state index is 13.3. The van der Waals surface area contributed by atoms with Crippen LogP contribution in [0.25, 0.3) is 11.3 Å². The SMILES string of the molecule is Cc1cnc(Nc2ccc(CN3CCN(C)CC3)cc2)nc1-c1cnn(CC2(CF)CC2)c1. The van der Waals surface area contributed by atoms with Crippen molar-refractivity contribution in [3.8, 4) is 11.3 Å². The Labute approximate surface area is 194 Å². The Hall–Kier alpha value is -2.84. The molecule has 1 aliphatic heterocycles. The van der Waals surface area contributed by atoms with Gasteiger partial charge in [0.25, 0.3) is 0 Å². The van der Waals surface area contributed by atoms with E-state index in [9.17, 15) is 4.39 Å². The van der Waals surface area contributed by atoms with Crippen LogP contribution in [0.1, 0.15) is 24.0 Å². The number of nitrogens with zero attached hydrogens (tertiary/aromatic N) is 6. The summed E-state index contributed by atoms with van der Waals surface area (Å²) in [5.74, 6) is 0.553. The Balaban J connectivity index is 1.24. The second-order valence-electron chi connectivity index (χ2n) is 9.69. The summed E-state index contributed by atoms with van der Waals surface area (Å²) in [5, 5.41) is 7.77. The average Bonchev–Trinajstić information content (AvgIpc) is 3.45. The molecule has 1 aromatic carbocycles. The fraction of sp³-hybridized carbons (Fsp3) is 0.480. The molecular weight excluding hydrogens is 417 g/mol. The average molecular weight is 450 g/mol. The molecule has 33 heavy (non-hydrogen) atoms. The van der Waals surface area contributed by atoms with Crippen molar-refractivity contribution in [2.24, 2.45) is 5.41 Å². The highest BCUT2D eigenvalue weighted by molar-refractivity contribution is 5.64. The summed E-state index contributed by atoms with van der Waals surface area (Å²) in [6.07, 6.45) is 7.47. The standard InChI is InChI=1S/C25H32FN7/c1-19-13-27-24(30-23(19)21-14-28-33(16-21)18-25(17-26)7-8-25)29-22-5-3-20(4-6-22)15-32-11-9-31(2)10-12-32/h3-6,13-14,16H,7-12,15,17-18H2,1-2H3,(H,27,29,30). The molecule has 1 N–H and O–H groups in total. The summed E-state index contributed by atoms with van der Waals surface area (Å²) < 4.78 is 15.1. The van der Waals surface area contributed by atoms with Gasteiger partial charge in [-0.1, -0.05) is 12.1 Å². The number of benzene rings is 1. The van der Waals surface area contributed by atoms with Gasteiger partial charge in [0.2, 0.25) is 5.95 Å². The van der Waals surface area contributed by atoms with Crippen LogP contribution in [0.2, 0.25) is 0 Å². The third kappa shape index (κ3) is 5.23. The van der Waals surface area contributed by atoms with Gasteiger partial charge in [0, 0.05) is 68.3 Å². The minimum Gasteiger partial charge on any atom is -0.324 e. The molecule has 1 aliphatic carbocycles. The first-order chi connectivity index (χ1) is 16.0. The smallest absolute Gasteiger partial charge is 0.227 e. The molecule has 0 spiro atoms. The number of alkyl halides is 1. The minimum absolute atomic E-state index is 0.201. The molecule has 0 atom stereocenters. The van der Waals surface area contributed by atoms with Crippen LogP contribution in [0.3, 0.4) is 0 Å². The summed E-state index contributed by atoms with van der Waals surface area (Å²) in [4.78, 5) is 14.1. The molecule has 2 aromatic heterocycles. The second-order valence-corrected chi connectivity index (χ2v) is 9.69. The number of anilines is 2. The van der Waals surface area contributed by atoms with E-state index in [1.165, 1.54) is 5.56 Å². The Morgan fingerprint density at radius 2 is 1.82 bits per heavy atom. The molecule has 2 aliphatic rings.